The molecule has 0 bridgehead atoms. The van der Waals surface area contributed by atoms with Gasteiger partial charge in [-0.25, -0.2) is 19.5 Å². The molecule has 0 radical (unpaired) electrons. The summed E-state index contributed by atoms with van der Waals surface area (Å²) in [7, 11) is -1.80. The van der Waals surface area contributed by atoms with Gasteiger partial charge in [0.25, 0.3) is 5.56 Å². The highest BCUT2D eigenvalue weighted by atomic mass is 28.4. The van der Waals surface area contributed by atoms with Gasteiger partial charge in [0.2, 0.25) is 11.8 Å². The number of unbranched alkanes of at least 4 members (excludes halogenated alkanes) is 1. The fraction of sp³-hybridized carbons (Fsp3) is 0.462. The lowest BCUT2D eigenvalue weighted by molar-refractivity contribution is 0.0722. The predicted octanol–water partition coefficient (Wildman–Crippen LogP) is 7.82. The third-order valence-corrected chi connectivity index (χ3v) is 14.9. The van der Waals surface area contributed by atoms with Crippen LogP contribution in [0.5, 0.6) is 5.75 Å². The van der Waals surface area contributed by atoms with Gasteiger partial charge >= 0.3 is 0 Å². The Morgan fingerprint density at radius 2 is 1.61 bits per heavy atom. The van der Waals surface area contributed by atoms with Crippen molar-refractivity contribution in [3.8, 4) is 34.2 Å². The first-order valence-corrected chi connectivity index (χ1v) is 21.0. The minimum atomic E-state index is -1.80. The highest BCUT2D eigenvalue weighted by Crippen LogP contribution is 2.39. The van der Waals surface area contributed by atoms with Gasteiger partial charge in [-0.1, -0.05) is 82.6 Å². The number of benzene rings is 2. The maximum atomic E-state index is 14.2. The molecule has 2 aromatic carbocycles. The number of hydrogen-bond acceptors (Lipinski definition) is 9. The Hall–Kier alpha value is -4.55. The minimum absolute atomic E-state index is 0.0909. The summed E-state index contributed by atoms with van der Waals surface area (Å²) in [5.41, 5.74) is 5.27. The van der Waals surface area contributed by atoms with Gasteiger partial charge in [-0.15, -0.1) is 10.2 Å². The Morgan fingerprint density at radius 3 is 2.24 bits per heavy atom. The maximum Gasteiger partial charge on any atom is 0.264 e. The first-order valence-electron chi connectivity index (χ1n) is 18.1. The number of aryl methyl sites for hydroxylation is 2. The van der Waals surface area contributed by atoms with Crippen molar-refractivity contribution in [3.05, 3.63) is 93.9 Å². The Bertz CT molecular complexity index is 1960. The molecule has 268 valence electrons. The van der Waals surface area contributed by atoms with Gasteiger partial charge in [0, 0.05) is 23.7 Å². The lowest BCUT2D eigenvalue weighted by Gasteiger charge is -2.41. The predicted molar refractivity (Wildman–Crippen MR) is 202 cm³/mol. The molecule has 3 heterocycles. The molecule has 1 saturated carbocycles. The van der Waals surface area contributed by atoms with Crippen molar-refractivity contribution in [1.82, 2.24) is 40.1 Å². The van der Waals surface area contributed by atoms with Crippen LogP contribution < -0.4 is 10.3 Å². The van der Waals surface area contributed by atoms with E-state index in [0.717, 1.165) is 72.9 Å². The van der Waals surface area contributed by atoms with E-state index in [4.69, 9.17) is 14.1 Å². The van der Waals surface area contributed by atoms with Crippen LogP contribution in [0.25, 0.3) is 28.5 Å². The van der Waals surface area contributed by atoms with Crippen molar-refractivity contribution in [1.29, 1.82) is 0 Å². The number of tetrazole rings is 1. The zero-order valence-electron chi connectivity index (χ0n) is 30.9. The monoisotopic (exact) mass is 706 g/mol. The van der Waals surface area contributed by atoms with Crippen molar-refractivity contribution in [2.45, 2.75) is 116 Å². The lowest BCUT2D eigenvalue weighted by atomic mass is 9.95. The quantitative estimate of drug-likeness (QED) is 0.129. The van der Waals surface area contributed by atoms with Crippen LogP contribution in [-0.2, 0) is 17.3 Å². The number of aromatic nitrogens is 8. The summed E-state index contributed by atoms with van der Waals surface area (Å²) >= 11 is 0. The van der Waals surface area contributed by atoms with Crippen LogP contribution in [-0.4, -0.2) is 60.7 Å². The molecule has 0 amide bonds. The van der Waals surface area contributed by atoms with Gasteiger partial charge in [0.05, 0.1) is 24.2 Å². The van der Waals surface area contributed by atoms with E-state index in [9.17, 15) is 4.79 Å². The molecule has 0 atom stereocenters. The third kappa shape index (κ3) is 8.34. The average Bonchev–Trinajstić information content (AvgIpc) is 3.65. The summed E-state index contributed by atoms with van der Waals surface area (Å²) in [4.78, 5) is 28.3. The van der Waals surface area contributed by atoms with E-state index < -0.39 is 8.32 Å². The lowest BCUT2D eigenvalue weighted by Crippen LogP contribution is -2.45. The molecule has 0 unspecified atom stereocenters. The van der Waals surface area contributed by atoms with E-state index in [-0.39, 0.29) is 16.7 Å². The SMILES string of the molecule is CCCCc1nc(C)n(-c2ncc(OC3CCC(O[Si](C)(C)C(C)(C)C)CC3)cn2)c(=O)c1Cc1ccc(-c2ccccc2-c2nn[nH]n2)cc1. The van der Waals surface area contributed by atoms with E-state index in [0.29, 0.717) is 41.4 Å². The Kier molecular flexibility index (Phi) is 10.9. The van der Waals surface area contributed by atoms with Gasteiger partial charge in [-0.3, -0.25) is 4.79 Å². The number of hydrogen-bond donors (Lipinski definition) is 1. The minimum Gasteiger partial charge on any atom is -0.487 e. The van der Waals surface area contributed by atoms with E-state index in [1.807, 2.05) is 31.2 Å². The summed E-state index contributed by atoms with van der Waals surface area (Å²) in [5, 5.41) is 14.8. The van der Waals surface area contributed by atoms with Gasteiger partial charge in [-0.2, -0.15) is 5.21 Å². The number of nitrogens with one attached hydrogen (secondary N) is 1. The van der Waals surface area contributed by atoms with Crippen LogP contribution in [0.4, 0.5) is 0 Å². The van der Waals surface area contributed by atoms with Crippen molar-refractivity contribution in [2.24, 2.45) is 0 Å². The topological polar surface area (TPSA) is 134 Å². The zero-order valence-corrected chi connectivity index (χ0v) is 31.9. The molecule has 0 aliphatic heterocycles. The van der Waals surface area contributed by atoms with Gasteiger partial charge in [0.15, 0.2) is 14.1 Å². The molecule has 0 saturated heterocycles. The number of H-pyrrole nitrogens is 1. The third-order valence-electron chi connectivity index (χ3n) is 10.4. The van der Waals surface area contributed by atoms with Crippen LogP contribution >= 0.6 is 0 Å². The number of nitrogens with zero attached hydrogens (tertiary/aromatic N) is 7. The second-order valence-electron chi connectivity index (χ2n) is 15.1. The number of aromatic amines is 1. The van der Waals surface area contributed by atoms with E-state index in [1.165, 1.54) is 4.57 Å². The molecular weight excluding hydrogens is 657 g/mol. The summed E-state index contributed by atoms with van der Waals surface area (Å²) in [5.74, 6) is 2.00. The molecule has 1 fully saturated rings. The molecule has 0 spiro atoms. The highest BCUT2D eigenvalue weighted by Gasteiger charge is 2.40. The Labute approximate surface area is 301 Å². The molecule has 11 nitrogen and oxygen atoms in total. The van der Waals surface area contributed by atoms with Crippen LogP contribution in [0.3, 0.4) is 0 Å². The van der Waals surface area contributed by atoms with Crippen LogP contribution in [0.15, 0.2) is 65.7 Å². The Balaban J connectivity index is 1.18. The van der Waals surface area contributed by atoms with Crippen LogP contribution in [0.2, 0.25) is 18.1 Å². The molecule has 1 N–H and O–H groups in total. The van der Waals surface area contributed by atoms with Gasteiger partial charge in [-0.05, 0) is 85.5 Å². The molecular formula is C39H50N8O3Si. The van der Waals surface area contributed by atoms with Crippen LogP contribution in [0.1, 0.15) is 88.9 Å². The molecule has 1 aliphatic rings. The van der Waals surface area contributed by atoms with Crippen molar-refractivity contribution in [3.63, 3.8) is 0 Å². The largest absolute Gasteiger partial charge is 0.487 e. The number of ether oxygens (including phenoxy) is 1. The molecule has 1 aliphatic carbocycles. The average molecular weight is 707 g/mol. The Morgan fingerprint density at radius 1 is 0.941 bits per heavy atom. The van der Waals surface area contributed by atoms with Crippen molar-refractivity contribution in [2.75, 3.05) is 0 Å². The summed E-state index contributed by atoms with van der Waals surface area (Å²) in [6.45, 7) is 15.5. The maximum absolute atomic E-state index is 14.2. The van der Waals surface area contributed by atoms with E-state index >= 15 is 0 Å². The standard InChI is InChI=1S/C39H50N8O3Si/c1-8-9-14-35-34(23-27-15-17-28(18-16-27)32-12-10-11-13-33(32)36-43-45-46-44-36)37(48)47(26(2)42-35)38-40-24-31(25-41-38)49-29-19-21-30(22-20-29)50-51(6,7)39(3,4)5/h10-13,15-18,24-25,29-30H,8-9,14,19-23H2,1-7H3,(H,43,44,45,46). The molecule has 51 heavy (non-hydrogen) atoms. The number of rotatable bonds is 12. The summed E-state index contributed by atoms with van der Waals surface area (Å²) in [6, 6.07) is 16.2. The molecule has 3 aromatic heterocycles. The first-order chi connectivity index (χ1) is 24.4. The van der Waals surface area contributed by atoms with Gasteiger partial charge < -0.3 is 9.16 Å². The zero-order chi connectivity index (χ0) is 36.2. The molecule has 6 rings (SSSR count). The first kappa shape index (κ1) is 36.2. The fourth-order valence-electron chi connectivity index (χ4n) is 6.43. The normalized spacial score (nSPS) is 16.7. The molecule has 12 heteroatoms. The fourth-order valence-corrected chi connectivity index (χ4v) is 7.86. The van der Waals surface area contributed by atoms with E-state index in [1.54, 1.807) is 12.4 Å². The summed E-state index contributed by atoms with van der Waals surface area (Å²) in [6.07, 6.45) is 10.7. The van der Waals surface area contributed by atoms with Gasteiger partial charge in [0.1, 0.15) is 5.82 Å². The van der Waals surface area contributed by atoms with Crippen molar-refractivity contribution >= 4 is 8.32 Å². The summed E-state index contributed by atoms with van der Waals surface area (Å²) < 4.78 is 14.5. The molecule has 5 aromatic rings. The van der Waals surface area contributed by atoms with Crippen LogP contribution in [0, 0.1) is 6.92 Å². The smallest absolute Gasteiger partial charge is 0.264 e. The second kappa shape index (κ2) is 15.4. The van der Waals surface area contributed by atoms with E-state index in [2.05, 4.69) is 95.6 Å². The second-order valence-corrected chi connectivity index (χ2v) is 19.9. The highest BCUT2D eigenvalue weighted by molar-refractivity contribution is 6.74. The van der Waals surface area contributed by atoms with Crippen molar-refractivity contribution < 1.29 is 9.16 Å².